The third-order valence-corrected chi connectivity index (χ3v) is 8.90. The molecule has 1 aliphatic carbocycles. The molecule has 0 bridgehead atoms. The minimum atomic E-state index is 0.915. The van der Waals surface area contributed by atoms with E-state index in [1.807, 2.05) is 0 Å². The van der Waals surface area contributed by atoms with Crippen LogP contribution >= 0.6 is 0 Å². The van der Waals surface area contributed by atoms with Gasteiger partial charge < -0.3 is 8.98 Å². The highest BCUT2D eigenvalue weighted by atomic mass is 16.3. The lowest BCUT2D eigenvalue weighted by Crippen LogP contribution is -1.95. The second kappa shape index (κ2) is 7.19. The molecule has 0 atom stereocenters. The van der Waals surface area contributed by atoms with Crippen molar-refractivity contribution in [3.05, 3.63) is 127 Å². The molecule has 9 aromatic rings. The van der Waals surface area contributed by atoms with Crippen LogP contribution in [0.25, 0.3) is 93.2 Å². The summed E-state index contributed by atoms with van der Waals surface area (Å²) in [6.07, 6.45) is 0. The van der Waals surface area contributed by atoms with Crippen LogP contribution in [0.5, 0.6) is 0 Å². The number of hydrogen-bond acceptors (Lipinski definition) is 1. The zero-order valence-corrected chi connectivity index (χ0v) is 21.5. The Balaban J connectivity index is 1.35. The Labute approximate surface area is 229 Å². The van der Waals surface area contributed by atoms with Crippen LogP contribution in [-0.2, 0) is 0 Å². The smallest absolute Gasteiger partial charge is 0.143 e. The molecule has 0 spiro atoms. The highest BCUT2D eigenvalue weighted by Gasteiger charge is 2.27. The average molecular weight is 508 g/mol. The van der Waals surface area contributed by atoms with Gasteiger partial charge in [-0.05, 0) is 63.2 Å². The summed E-state index contributed by atoms with van der Waals surface area (Å²) in [6.45, 7) is 0. The maximum absolute atomic E-state index is 6.46. The lowest BCUT2D eigenvalue weighted by molar-refractivity contribution is 0.672. The van der Waals surface area contributed by atoms with Gasteiger partial charge in [0.25, 0.3) is 0 Å². The Morgan fingerprint density at radius 2 is 1.25 bits per heavy atom. The number of fused-ring (bicyclic) bond motifs is 12. The summed E-state index contributed by atoms with van der Waals surface area (Å²) in [4.78, 5) is 0. The van der Waals surface area contributed by atoms with E-state index in [-0.39, 0.29) is 0 Å². The zero-order chi connectivity index (χ0) is 25.9. The fourth-order valence-corrected chi connectivity index (χ4v) is 7.23. The van der Waals surface area contributed by atoms with Crippen molar-refractivity contribution >= 4 is 65.3 Å². The molecule has 7 aromatic carbocycles. The van der Waals surface area contributed by atoms with Crippen molar-refractivity contribution < 1.29 is 4.42 Å². The van der Waals surface area contributed by atoms with Gasteiger partial charge in [0.2, 0.25) is 0 Å². The van der Waals surface area contributed by atoms with E-state index < -0.39 is 0 Å². The highest BCUT2D eigenvalue weighted by molar-refractivity contribution is 6.25. The third-order valence-electron chi connectivity index (χ3n) is 8.90. The van der Waals surface area contributed by atoms with Gasteiger partial charge in [-0.1, -0.05) is 97.1 Å². The maximum atomic E-state index is 6.46. The number of aromatic nitrogens is 1. The maximum Gasteiger partial charge on any atom is 0.143 e. The van der Waals surface area contributed by atoms with Crippen LogP contribution in [0.2, 0.25) is 0 Å². The lowest BCUT2D eigenvalue weighted by Gasteiger charge is -2.12. The first-order valence-electron chi connectivity index (χ1n) is 13.8. The van der Waals surface area contributed by atoms with E-state index in [0.717, 1.165) is 33.0 Å². The number of benzene rings is 7. The monoisotopic (exact) mass is 507 g/mol. The standard InChI is InChI=1S/C38H21NO/c1-2-10-25-22(7-1)15-17-30-32-21-24(16-20-34(32)40-38(25)30)39-33-14-4-3-11-26(33)29-19-18-28-27-12-5-8-23-9-6-13-31(35(23)27)36(28)37(29)39/h1-21H. The number of nitrogens with zero attached hydrogens (tertiary/aromatic N) is 1. The van der Waals surface area contributed by atoms with Crippen LogP contribution in [0.1, 0.15) is 0 Å². The van der Waals surface area contributed by atoms with Crippen molar-refractivity contribution in [1.29, 1.82) is 0 Å². The summed E-state index contributed by atoms with van der Waals surface area (Å²) in [6, 6.07) is 46.3. The summed E-state index contributed by atoms with van der Waals surface area (Å²) >= 11 is 0. The molecule has 0 amide bonds. The molecular formula is C38H21NO. The van der Waals surface area contributed by atoms with Gasteiger partial charge in [-0.2, -0.15) is 0 Å². The van der Waals surface area contributed by atoms with Gasteiger partial charge in [-0.3, -0.25) is 0 Å². The van der Waals surface area contributed by atoms with Gasteiger partial charge in [0.1, 0.15) is 11.2 Å². The van der Waals surface area contributed by atoms with Crippen molar-refractivity contribution in [1.82, 2.24) is 4.57 Å². The molecule has 10 rings (SSSR count). The molecule has 1 aliphatic rings. The van der Waals surface area contributed by atoms with Crippen LogP contribution in [0.3, 0.4) is 0 Å². The van der Waals surface area contributed by atoms with Crippen LogP contribution in [0.15, 0.2) is 132 Å². The second-order valence-electron chi connectivity index (χ2n) is 10.9. The first-order valence-corrected chi connectivity index (χ1v) is 13.8. The predicted octanol–water partition coefficient (Wildman–Crippen LogP) is 10.6. The number of rotatable bonds is 1. The van der Waals surface area contributed by atoms with Crippen LogP contribution in [0.4, 0.5) is 0 Å². The van der Waals surface area contributed by atoms with Crippen molar-refractivity contribution in [3.63, 3.8) is 0 Å². The van der Waals surface area contributed by atoms with Gasteiger partial charge >= 0.3 is 0 Å². The lowest BCUT2D eigenvalue weighted by atomic mass is 10.00. The molecule has 0 N–H and O–H groups in total. The molecule has 0 fully saturated rings. The molecule has 2 heteroatoms. The van der Waals surface area contributed by atoms with E-state index in [1.165, 1.54) is 60.2 Å². The van der Waals surface area contributed by atoms with E-state index in [0.29, 0.717) is 0 Å². The normalized spacial score (nSPS) is 12.5. The van der Waals surface area contributed by atoms with E-state index in [1.54, 1.807) is 0 Å². The molecule has 2 heterocycles. The molecule has 0 saturated carbocycles. The first kappa shape index (κ1) is 20.6. The van der Waals surface area contributed by atoms with Gasteiger partial charge in [-0.15, -0.1) is 0 Å². The predicted molar refractivity (Wildman–Crippen MR) is 168 cm³/mol. The topological polar surface area (TPSA) is 18.1 Å². The molecule has 40 heavy (non-hydrogen) atoms. The first-order chi connectivity index (χ1) is 19.8. The van der Waals surface area contributed by atoms with Crippen molar-refractivity contribution in [2.24, 2.45) is 0 Å². The van der Waals surface area contributed by atoms with Gasteiger partial charge in [0.15, 0.2) is 0 Å². The summed E-state index contributed by atoms with van der Waals surface area (Å²) in [7, 11) is 0. The Hall–Kier alpha value is -5.34. The summed E-state index contributed by atoms with van der Waals surface area (Å²) in [5.41, 5.74) is 10.8. The third kappa shape index (κ3) is 2.45. The van der Waals surface area contributed by atoms with E-state index in [4.69, 9.17) is 4.42 Å². The molecule has 2 aromatic heterocycles. The van der Waals surface area contributed by atoms with E-state index in [9.17, 15) is 0 Å². The number of furan rings is 1. The van der Waals surface area contributed by atoms with E-state index >= 15 is 0 Å². The SMILES string of the molecule is c1cc2c3c(cccc3c1)-c1c-2ccc2c3ccccc3n(-c3ccc4oc5c6ccccc6ccc5c4c3)c12. The highest BCUT2D eigenvalue weighted by Crippen LogP contribution is 2.52. The van der Waals surface area contributed by atoms with Crippen LogP contribution < -0.4 is 0 Å². The van der Waals surface area contributed by atoms with Crippen molar-refractivity contribution in [3.8, 4) is 27.9 Å². The molecule has 184 valence electrons. The Morgan fingerprint density at radius 3 is 2.17 bits per heavy atom. The Bertz CT molecular complexity index is 2540. The van der Waals surface area contributed by atoms with Gasteiger partial charge in [0.05, 0.1) is 11.0 Å². The summed E-state index contributed by atoms with van der Waals surface area (Å²) < 4.78 is 8.92. The van der Waals surface area contributed by atoms with Gasteiger partial charge in [-0.25, -0.2) is 0 Å². The fourth-order valence-electron chi connectivity index (χ4n) is 7.23. The molecular weight excluding hydrogens is 486 g/mol. The Morgan fingerprint density at radius 1 is 0.475 bits per heavy atom. The second-order valence-corrected chi connectivity index (χ2v) is 10.9. The molecule has 0 unspecified atom stereocenters. The molecule has 2 nitrogen and oxygen atoms in total. The zero-order valence-electron chi connectivity index (χ0n) is 21.5. The number of para-hydroxylation sites is 1. The molecule has 0 aliphatic heterocycles. The van der Waals surface area contributed by atoms with Crippen LogP contribution in [-0.4, -0.2) is 4.57 Å². The summed E-state index contributed by atoms with van der Waals surface area (Å²) in [5.74, 6) is 0. The molecule has 0 radical (unpaired) electrons. The van der Waals surface area contributed by atoms with Gasteiger partial charge in [0, 0.05) is 38.2 Å². The summed E-state index contributed by atoms with van der Waals surface area (Å²) in [5, 5.41) is 9.84. The largest absolute Gasteiger partial charge is 0.455 e. The quantitative estimate of drug-likeness (QED) is 0.216. The van der Waals surface area contributed by atoms with Crippen LogP contribution in [0, 0.1) is 0 Å². The average Bonchev–Trinajstić information content (AvgIpc) is 3.66. The van der Waals surface area contributed by atoms with E-state index in [2.05, 4.69) is 132 Å². The number of hydrogen-bond donors (Lipinski definition) is 0. The fraction of sp³-hybridized carbons (Fsp3) is 0. The minimum absolute atomic E-state index is 0.915. The molecule has 0 saturated heterocycles. The Kier molecular flexibility index (Phi) is 3.70. The minimum Gasteiger partial charge on any atom is -0.455 e. The van der Waals surface area contributed by atoms with Crippen molar-refractivity contribution in [2.75, 3.05) is 0 Å². The van der Waals surface area contributed by atoms with Crippen molar-refractivity contribution in [2.45, 2.75) is 0 Å².